The Kier molecular flexibility index (Phi) is 12.2. The fourth-order valence-electron chi connectivity index (χ4n) is 10.7. The SMILES string of the molecule is CCCCc1ccc2c(c1)-c1cc3c(cc1C(/C=C/Nc1cccc(-c4ccccc4)c1)=C(S)/C(=C\c1cccc(-c4ccccc4)c1)N2c1ccc(N2C(=O)CCC2=O)cc1)C(C)(C)c1ccccc1-3. The first-order valence-electron chi connectivity index (χ1n) is 24.7. The molecule has 1 saturated heterocycles. The van der Waals surface area contributed by atoms with Crippen LogP contribution < -0.4 is 15.1 Å². The summed E-state index contributed by atoms with van der Waals surface area (Å²) < 4.78 is 0. The van der Waals surface area contributed by atoms with E-state index in [2.05, 4.69) is 195 Å². The lowest BCUT2D eigenvalue weighted by Crippen LogP contribution is -2.28. The molecule has 0 unspecified atom stereocenters. The lowest BCUT2D eigenvalue weighted by atomic mass is 9.79. The minimum absolute atomic E-state index is 0.177. The predicted molar refractivity (Wildman–Crippen MR) is 299 cm³/mol. The monoisotopic (exact) mass is 941 g/mol. The van der Waals surface area contributed by atoms with Crippen LogP contribution >= 0.6 is 12.6 Å². The van der Waals surface area contributed by atoms with Gasteiger partial charge in [-0.05, 0) is 164 Å². The third kappa shape index (κ3) is 8.63. The molecule has 3 aliphatic rings. The smallest absolute Gasteiger partial charge is 0.234 e. The number of hydrogen-bond acceptors (Lipinski definition) is 5. The van der Waals surface area contributed by atoms with Crippen LogP contribution in [0.3, 0.4) is 0 Å². The average Bonchev–Trinajstić information content (AvgIpc) is 3.86. The molecule has 0 spiro atoms. The summed E-state index contributed by atoms with van der Waals surface area (Å²) in [5.74, 6) is -0.353. The Labute approximate surface area is 422 Å². The molecule has 71 heavy (non-hydrogen) atoms. The Morgan fingerprint density at radius 3 is 1.90 bits per heavy atom. The van der Waals surface area contributed by atoms with Gasteiger partial charge in [0.25, 0.3) is 0 Å². The molecule has 2 heterocycles. The number of fused-ring (bicyclic) bond motifs is 6. The molecule has 8 aromatic carbocycles. The van der Waals surface area contributed by atoms with Crippen LogP contribution in [0.15, 0.2) is 211 Å². The highest BCUT2D eigenvalue weighted by Gasteiger charge is 2.38. The lowest BCUT2D eigenvalue weighted by molar-refractivity contribution is -0.121. The number of rotatable bonds is 11. The van der Waals surface area contributed by atoms with Gasteiger partial charge in [-0.25, -0.2) is 0 Å². The van der Waals surface area contributed by atoms with Crippen molar-refractivity contribution in [2.45, 2.75) is 58.3 Å². The summed E-state index contributed by atoms with van der Waals surface area (Å²) in [4.78, 5) is 30.5. The van der Waals surface area contributed by atoms with E-state index < -0.39 is 0 Å². The van der Waals surface area contributed by atoms with Gasteiger partial charge < -0.3 is 10.2 Å². The van der Waals surface area contributed by atoms with E-state index in [1.54, 1.807) is 0 Å². The van der Waals surface area contributed by atoms with E-state index in [0.29, 0.717) is 5.69 Å². The molecule has 0 radical (unpaired) electrons. The van der Waals surface area contributed by atoms with Crippen molar-refractivity contribution in [3.8, 4) is 44.5 Å². The molecule has 1 fully saturated rings. The molecule has 2 aliphatic heterocycles. The number of carbonyl (C=O) groups excluding carboxylic acids is 2. The topological polar surface area (TPSA) is 52.6 Å². The van der Waals surface area contributed by atoms with Crippen LogP contribution in [-0.2, 0) is 21.4 Å². The first kappa shape index (κ1) is 45.5. The van der Waals surface area contributed by atoms with Crippen molar-refractivity contribution in [3.63, 3.8) is 0 Å². The molecule has 8 aromatic rings. The van der Waals surface area contributed by atoms with E-state index in [-0.39, 0.29) is 30.1 Å². The fraction of sp³-hybridized carbons (Fsp3) is 0.138. The second kappa shape index (κ2) is 19.1. The quantitative estimate of drug-likeness (QED) is 0.100. The number of hydrogen-bond donors (Lipinski definition) is 2. The Morgan fingerprint density at radius 1 is 0.563 bits per heavy atom. The Hall–Kier alpha value is -7.93. The molecule has 0 saturated carbocycles. The van der Waals surface area contributed by atoms with Crippen LogP contribution in [0.1, 0.15) is 74.3 Å². The maximum absolute atomic E-state index is 13.0. The molecule has 0 atom stereocenters. The highest BCUT2D eigenvalue weighted by atomic mass is 32.1. The third-order valence-electron chi connectivity index (χ3n) is 14.3. The molecule has 1 N–H and O–H groups in total. The van der Waals surface area contributed by atoms with E-state index in [1.165, 1.54) is 32.7 Å². The van der Waals surface area contributed by atoms with Crippen molar-refractivity contribution in [3.05, 3.63) is 239 Å². The summed E-state index contributed by atoms with van der Waals surface area (Å²) >= 11 is 5.72. The van der Waals surface area contributed by atoms with Gasteiger partial charge in [0.1, 0.15) is 0 Å². The zero-order chi connectivity index (χ0) is 48.6. The van der Waals surface area contributed by atoms with Crippen LogP contribution in [-0.4, -0.2) is 11.8 Å². The van der Waals surface area contributed by atoms with Gasteiger partial charge in [-0.1, -0.05) is 149 Å². The van der Waals surface area contributed by atoms with Crippen molar-refractivity contribution in [2.75, 3.05) is 15.1 Å². The molecule has 5 nitrogen and oxygen atoms in total. The number of thiol groups is 1. The van der Waals surface area contributed by atoms with Gasteiger partial charge in [-0.15, -0.1) is 12.6 Å². The first-order chi connectivity index (χ1) is 34.7. The minimum Gasteiger partial charge on any atom is -0.362 e. The largest absolute Gasteiger partial charge is 0.362 e. The van der Waals surface area contributed by atoms with Crippen LogP contribution in [0, 0.1) is 0 Å². The number of amides is 2. The average molecular weight is 942 g/mol. The molecule has 0 bridgehead atoms. The van der Waals surface area contributed by atoms with Crippen molar-refractivity contribution in [1.29, 1.82) is 0 Å². The summed E-state index contributed by atoms with van der Waals surface area (Å²) in [5.41, 5.74) is 20.1. The van der Waals surface area contributed by atoms with E-state index in [0.717, 1.165) is 97.0 Å². The zero-order valence-electron chi connectivity index (χ0n) is 40.3. The third-order valence-corrected chi connectivity index (χ3v) is 14.8. The zero-order valence-corrected chi connectivity index (χ0v) is 41.2. The van der Waals surface area contributed by atoms with Crippen molar-refractivity contribution in [1.82, 2.24) is 0 Å². The maximum Gasteiger partial charge on any atom is 0.234 e. The van der Waals surface area contributed by atoms with Gasteiger partial charge in [0.05, 0.1) is 17.1 Å². The molecular formula is C65H55N3O2S. The molecule has 348 valence electrons. The molecule has 0 aromatic heterocycles. The molecule has 1 aliphatic carbocycles. The summed E-state index contributed by atoms with van der Waals surface area (Å²) in [6.07, 6.45) is 10.0. The second-order valence-electron chi connectivity index (χ2n) is 19.3. The summed E-state index contributed by atoms with van der Waals surface area (Å²) in [6.45, 7) is 6.92. The van der Waals surface area contributed by atoms with E-state index in [9.17, 15) is 9.59 Å². The van der Waals surface area contributed by atoms with Gasteiger partial charge in [0.2, 0.25) is 11.8 Å². The van der Waals surface area contributed by atoms with Gasteiger partial charge in [0.15, 0.2) is 0 Å². The number of allylic oxidation sites excluding steroid dienone is 2. The number of anilines is 4. The standard InChI is InChI=1S/C65H55N3O2S/c1-4-5-16-43-27-32-60-57(38-43)54-41-56-52-25-12-13-26-58(52)65(2,3)59(56)42-55(54)53(35-36-66-49-24-15-23-48(40-49)46-20-10-7-11-21-46)64(71)61(39-44-17-14-22-47(37-44)45-18-8-6-9-19-45)67(60)50-28-30-51(31-29-50)68-62(69)33-34-63(68)70/h6-15,17-32,35-42,66,71H,4-5,16,33-34H2,1-3H3/b36-35+,61-39+,64-53-. The normalized spacial score (nSPS) is 16.4. The number of aryl methyl sites for hydroxylation is 1. The number of benzene rings is 8. The number of imide groups is 1. The maximum atomic E-state index is 13.0. The first-order valence-corrected chi connectivity index (χ1v) is 25.2. The van der Waals surface area contributed by atoms with Crippen molar-refractivity contribution >= 4 is 58.8 Å². The number of unbranched alkanes of at least 4 members (excludes halogenated alkanes) is 1. The van der Waals surface area contributed by atoms with E-state index in [1.807, 2.05) is 42.6 Å². The van der Waals surface area contributed by atoms with Crippen LogP contribution in [0.4, 0.5) is 22.7 Å². The van der Waals surface area contributed by atoms with Gasteiger partial charge in [0, 0.05) is 46.3 Å². The summed E-state index contributed by atoms with van der Waals surface area (Å²) in [5, 5.41) is 3.66. The molecule has 2 amide bonds. The molecular weight excluding hydrogens is 887 g/mol. The number of carbonyl (C=O) groups is 2. The van der Waals surface area contributed by atoms with Gasteiger partial charge in [-0.3, -0.25) is 14.5 Å². The second-order valence-corrected chi connectivity index (χ2v) is 19.7. The highest BCUT2D eigenvalue weighted by molar-refractivity contribution is 7.85. The van der Waals surface area contributed by atoms with Crippen molar-refractivity contribution < 1.29 is 9.59 Å². The van der Waals surface area contributed by atoms with Crippen LogP contribution in [0.5, 0.6) is 0 Å². The predicted octanol–water partition coefficient (Wildman–Crippen LogP) is 16.4. The van der Waals surface area contributed by atoms with Crippen LogP contribution in [0.2, 0.25) is 0 Å². The lowest BCUT2D eigenvalue weighted by Gasteiger charge is -2.34. The summed E-state index contributed by atoms with van der Waals surface area (Å²) in [7, 11) is 0. The Morgan fingerprint density at radius 2 is 1.20 bits per heavy atom. The molecule has 6 heteroatoms. The molecule has 11 rings (SSSR count). The fourth-order valence-corrected chi connectivity index (χ4v) is 11.0. The number of nitrogens with zero attached hydrogens (tertiary/aromatic N) is 2. The van der Waals surface area contributed by atoms with Gasteiger partial charge in [-0.2, -0.15) is 0 Å². The van der Waals surface area contributed by atoms with E-state index in [4.69, 9.17) is 12.6 Å². The Bertz CT molecular complexity index is 3440. The minimum atomic E-state index is -0.251. The van der Waals surface area contributed by atoms with E-state index >= 15 is 0 Å². The van der Waals surface area contributed by atoms with Gasteiger partial charge >= 0.3 is 0 Å². The van der Waals surface area contributed by atoms with Crippen molar-refractivity contribution in [2.24, 2.45) is 0 Å². The summed E-state index contributed by atoms with van der Waals surface area (Å²) in [6, 6.07) is 66.6. The highest BCUT2D eigenvalue weighted by Crippen LogP contribution is 2.55. The van der Waals surface area contributed by atoms with Crippen LogP contribution in [0.25, 0.3) is 56.2 Å². The number of nitrogens with one attached hydrogen (secondary N) is 1. The Balaban J connectivity index is 1.18.